The highest BCUT2D eigenvalue weighted by Gasteiger charge is 2.44. The molecule has 0 bridgehead atoms. The van der Waals surface area contributed by atoms with Crippen molar-refractivity contribution in [2.45, 2.75) is 88.6 Å². The summed E-state index contributed by atoms with van der Waals surface area (Å²) in [5, 5.41) is 35.8. The van der Waals surface area contributed by atoms with Gasteiger partial charge in [0.25, 0.3) is 0 Å². The van der Waals surface area contributed by atoms with E-state index in [-0.39, 0.29) is 31.8 Å². The third-order valence-corrected chi connectivity index (χ3v) is 7.92. The monoisotopic (exact) mass is 636 g/mol. The van der Waals surface area contributed by atoms with Crippen LogP contribution < -0.4 is 21.7 Å². The Balaban J connectivity index is 1.77. The smallest absolute Gasteiger partial charge is 0.326 e. The molecule has 6 atom stereocenters. The molecule has 3 rings (SSSR count). The molecule has 0 aromatic carbocycles. The highest BCUT2D eigenvalue weighted by molar-refractivity contribution is 5.97. The summed E-state index contributed by atoms with van der Waals surface area (Å²) in [5.74, 6) is -4.51. The van der Waals surface area contributed by atoms with Gasteiger partial charge in [-0.1, -0.05) is 13.8 Å². The summed E-state index contributed by atoms with van der Waals surface area (Å²) in [6, 6.07) is -6.94. The lowest BCUT2D eigenvalue weighted by Crippen LogP contribution is -2.60. The molecular weight excluding hydrogens is 592 g/mol. The summed E-state index contributed by atoms with van der Waals surface area (Å²) < 4.78 is 0. The number of H-pyrrole nitrogens is 1. The molecule has 0 saturated carbocycles. The van der Waals surface area contributed by atoms with Crippen molar-refractivity contribution < 1.29 is 44.1 Å². The molecule has 45 heavy (non-hydrogen) atoms. The number of aromatic nitrogens is 2. The molecule has 0 spiro atoms. The molecule has 2 aliphatic heterocycles. The molecule has 5 amide bonds. The lowest BCUT2D eigenvalue weighted by atomic mass is 10.0. The molecule has 2 fully saturated rings. The average Bonchev–Trinajstić information content (AvgIpc) is 3.79. The van der Waals surface area contributed by atoms with Crippen LogP contribution in [-0.4, -0.2) is 133 Å². The Kier molecular flexibility index (Phi) is 12.8. The van der Waals surface area contributed by atoms with Crippen LogP contribution in [-0.2, 0) is 35.2 Å². The number of aliphatic carboxylic acids is 1. The zero-order valence-electron chi connectivity index (χ0n) is 25.5. The lowest BCUT2D eigenvalue weighted by Gasteiger charge is -2.33. The summed E-state index contributed by atoms with van der Waals surface area (Å²) in [4.78, 5) is 87.3. The van der Waals surface area contributed by atoms with Crippen molar-refractivity contribution >= 4 is 35.5 Å². The number of rotatable bonds is 15. The van der Waals surface area contributed by atoms with Gasteiger partial charge in [0.15, 0.2) is 0 Å². The number of carboxylic acid groups (broad SMARTS) is 1. The fourth-order valence-electron chi connectivity index (χ4n) is 5.59. The van der Waals surface area contributed by atoms with Crippen LogP contribution in [0.2, 0.25) is 0 Å². The molecule has 1 aromatic rings. The maximum atomic E-state index is 13.9. The first-order chi connectivity index (χ1) is 21.4. The average molecular weight is 637 g/mol. The van der Waals surface area contributed by atoms with Crippen LogP contribution in [0.15, 0.2) is 12.5 Å². The number of aromatic amines is 1. The van der Waals surface area contributed by atoms with E-state index in [1.807, 2.05) is 13.8 Å². The van der Waals surface area contributed by atoms with Crippen LogP contribution in [0.1, 0.15) is 51.6 Å². The Labute approximate surface area is 260 Å². The van der Waals surface area contributed by atoms with Crippen LogP contribution in [0.25, 0.3) is 0 Å². The van der Waals surface area contributed by atoms with E-state index in [0.29, 0.717) is 31.4 Å². The molecule has 9 N–H and O–H groups in total. The van der Waals surface area contributed by atoms with E-state index < -0.39 is 85.0 Å². The van der Waals surface area contributed by atoms with Crippen LogP contribution >= 0.6 is 0 Å². The number of imidazole rings is 1. The number of carboxylic acids is 1. The predicted molar refractivity (Wildman–Crippen MR) is 157 cm³/mol. The number of aliphatic hydroxyl groups is 2. The minimum absolute atomic E-state index is 0.0167. The largest absolute Gasteiger partial charge is 0.480 e. The topological polar surface area (TPSA) is 260 Å². The van der Waals surface area contributed by atoms with Crippen molar-refractivity contribution in [3.8, 4) is 0 Å². The van der Waals surface area contributed by atoms with Crippen molar-refractivity contribution in [2.75, 3.05) is 26.3 Å². The van der Waals surface area contributed by atoms with Crippen LogP contribution in [0, 0.1) is 5.92 Å². The molecule has 2 aliphatic rings. The number of aliphatic hydroxyl groups excluding tert-OH is 2. The van der Waals surface area contributed by atoms with Gasteiger partial charge in [-0.3, -0.25) is 24.0 Å². The third kappa shape index (κ3) is 9.21. The Morgan fingerprint density at radius 3 is 2.16 bits per heavy atom. The fraction of sp³-hybridized carbons (Fsp3) is 0.679. The molecule has 0 aliphatic carbocycles. The predicted octanol–water partition coefficient (Wildman–Crippen LogP) is -3.17. The fourth-order valence-corrected chi connectivity index (χ4v) is 5.59. The van der Waals surface area contributed by atoms with Gasteiger partial charge in [-0.15, -0.1) is 0 Å². The summed E-state index contributed by atoms with van der Waals surface area (Å²) in [5.41, 5.74) is 5.98. The van der Waals surface area contributed by atoms with Crippen LogP contribution in [0.4, 0.5) is 0 Å². The maximum absolute atomic E-state index is 13.9. The summed E-state index contributed by atoms with van der Waals surface area (Å²) in [6.07, 6.45) is 4.71. The van der Waals surface area contributed by atoms with Gasteiger partial charge < -0.3 is 51.8 Å². The zero-order valence-corrected chi connectivity index (χ0v) is 25.5. The second-order valence-corrected chi connectivity index (χ2v) is 11.8. The maximum Gasteiger partial charge on any atom is 0.326 e. The Hall–Kier alpha value is -4.09. The SMILES string of the molecule is CC(C)C[C@H](NC(=O)[C@@H]1CCCN1C(=O)[C@@H]1CCCN1C(=O)[C@H](Cc1cnc[nH]1)NC(=O)[C@H](CO)NC(=O)[C@@H](N)CO)C(=O)O. The van der Waals surface area contributed by atoms with Crippen molar-refractivity contribution in [1.29, 1.82) is 0 Å². The molecular formula is C28H44N8O9. The standard InChI is InChI=1S/C28H44N8O9/c1-15(2)9-19(28(44)45)33-25(41)21-5-3-7-35(21)27(43)22-6-4-8-36(22)26(42)18(10-16-11-30-14-31-16)32-24(40)20(13-38)34-23(39)17(29)12-37/h11,14-15,17-22,37-38H,3-10,12-13,29H2,1-2H3,(H,30,31)(H,32,40)(H,33,41)(H,34,39)(H,44,45)/t17-,18-,19-,20-,21-,22-/m0/s1. The molecule has 0 radical (unpaired) electrons. The number of nitrogens with one attached hydrogen (secondary N) is 4. The van der Waals surface area contributed by atoms with Gasteiger partial charge in [0.2, 0.25) is 29.5 Å². The third-order valence-electron chi connectivity index (χ3n) is 7.92. The van der Waals surface area contributed by atoms with Crippen LogP contribution in [0.3, 0.4) is 0 Å². The van der Waals surface area contributed by atoms with Gasteiger partial charge in [0.1, 0.15) is 36.3 Å². The van der Waals surface area contributed by atoms with Crippen molar-refractivity contribution in [1.82, 2.24) is 35.7 Å². The normalized spacial score (nSPS) is 20.8. The lowest BCUT2D eigenvalue weighted by molar-refractivity contribution is -0.149. The first-order valence-corrected chi connectivity index (χ1v) is 15.1. The number of hydrogen-bond donors (Lipinski definition) is 8. The molecule has 3 heterocycles. The number of nitrogens with zero attached hydrogens (tertiary/aromatic N) is 3. The molecule has 2 saturated heterocycles. The number of amides is 5. The van der Waals surface area contributed by atoms with Gasteiger partial charge in [-0.05, 0) is 38.0 Å². The van der Waals surface area contributed by atoms with Gasteiger partial charge in [-0.2, -0.15) is 0 Å². The van der Waals surface area contributed by atoms with E-state index in [1.165, 1.54) is 22.3 Å². The van der Waals surface area contributed by atoms with Gasteiger partial charge in [0, 0.05) is 31.4 Å². The number of nitrogens with two attached hydrogens (primary N) is 1. The quantitative estimate of drug-likeness (QED) is 0.0952. The van der Waals surface area contributed by atoms with Crippen molar-refractivity contribution in [2.24, 2.45) is 11.7 Å². The van der Waals surface area contributed by atoms with E-state index in [1.54, 1.807) is 0 Å². The van der Waals surface area contributed by atoms with Gasteiger partial charge in [0.05, 0.1) is 19.5 Å². The first kappa shape index (κ1) is 35.4. The van der Waals surface area contributed by atoms with Gasteiger partial charge in [-0.25, -0.2) is 9.78 Å². The Bertz CT molecular complexity index is 1210. The summed E-state index contributed by atoms with van der Waals surface area (Å²) in [6.45, 7) is 2.65. The highest BCUT2D eigenvalue weighted by Crippen LogP contribution is 2.26. The van der Waals surface area contributed by atoms with Gasteiger partial charge >= 0.3 is 5.97 Å². The zero-order chi connectivity index (χ0) is 33.3. The molecule has 17 nitrogen and oxygen atoms in total. The molecule has 250 valence electrons. The van der Waals surface area contributed by atoms with E-state index >= 15 is 0 Å². The number of carbonyl (C=O) groups excluding carboxylic acids is 5. The minimum Gasteiger partial charge on any atom is -0.480 e. The molecule has 0 unspecified atom stereocenters. The van der Waals surface area contributed by atoms with Crippen LogP contribution in [0.5, 0.6) is 0 Å². The Morgan fingerprint density at radius 2 is 1.58 bits per heavy atom. The molecule has 1 aromatic heterocycles. The van der Waals surface area contributed by atoms with E-state index in [2.05, 4.69) is 25.9 Å². The van der Waals surface area contributed by atoms with E-state index in [4.69, 9.17) is 10.8 Å². The second-order valence-electron chi connectivity index (χ2n) is 11.8. The van der Waals surface area contributed by atoms with E-state index in [9.17, 15) is 39.0 Å². The van der Waals surface area contributed by atoms with Crippen molar-refractivity contribution in [3.63, 3.8) is 0 Å². The second kappa shape index (κ2) is 16.3. The number of hydrogen-bond acceptors (Lipinski definition) is 10. The van der Waals surface area contributed by atoms with E-state index in [0.717, 1.165) is 0 Å². The summed E-state index contributed by atoms with van der Waals surface area (Å²) in [7, 11) is 0. The first-order valence-electron chi connectivity index (χ1n) is 15.1. The Morgan fingerprint density at radius 1 is 0.933 bits per heavy atom. The highest BCUT2D eigenvalue weighted by atomic mass is 16.4. The molecule has 17 heteroatoms. The number of likely N-dealkylation sites (tertiary alicyclic amines) is 2. The minimum atomic E-state index is -1.47. The van der Waals surface area contributed by atoms with Crippen molar-refractivity contribution in [3.05, 3.63) is 18.2 Å². The number of carbonyl (C=O) groups is 6. The summed E-state index contributed by atoms with van der Waals surface area (Å²) >= 11 is 0.